The maximum Gasteiger partial charge on any atom is 0.407 e. The van der Waals surface area contributed by atoms with Gasteiger partial charge in [-0.25, -0.2) is 4.79 Å². The molecule has 0 aliphatic heterocycles. The van der Waals surface area contributed by atoms with Crippen LogP contribution in [0.2, 0.25) is 0 Å². The molecular weight excluding hydrogens is 154 g/mol. The lowest BCUT2D eigenvalue weighted by Gasteiger charge is -2.16. The van der Waals surface area contributed by atoms with Crippen molar-refractivity contribution < 1.29 is 9.53 Å². The van der Waals surface area contributed by atoms with Crippen LogP contribution in [0.5, 0.6) is 0 Å². The van der Waals surface area contributed by atoms with E-state index in [4.69, 9.17) is 4.74 Å². The number of amides is 1. The van der Waals surface area contributed by atoms with Crippen molar-refractivity contribution in [3.8, 4) is 11.8 Å². The van der Waals surface area contributed by atoms with Crippen LogP contribution >= 0.6 is 0 Å². The molecule has 0 aromatic carbocycles. The van der Waals surface area contributed by atoms with Gasteiger partial charge in [-0.3, -0.25) is 0 Å². The molecule has 0 saturated carbocycles. The average Bonchev–Trinajstić information content (AvgIpc) is 2.06. The van der Waals surface area contributed by atoms with Gasteiger partial charge >= 0.3 is 6.09 Å². The Balaban J connectivity index is 2.23. The highest BCUT2D eigenvalue weighted by Gasteiger charge is 2.12. The number of ether oxygens (including phenoxy) is 1. The van der Waals surface area contributed by atoms with Crippen LogP contribution in [-0.4, -0.2) is 18.7 Å². The summed E-state index contributed by atoms with van der Waals surface area (Å²) >= 11 is 0. The summed E-state index contributed by atoms with van der Waals surface area (Å²) in [6.45, 7) is 2.21. The van der Waals surface area contributed by atoms with E-state index in [0.717, 1.165) is 19.3 Å². The molecule has 1 N–H and O–H groups in total. The molecule has 0 spiro atoms. The van der Waals surface area contributed by atoms with Crippen LogP contribution < -0.4 is 5.32 Å². The summed E-state index contributed by atoms with van der Waals surface area (Å²) in [6.07, 6.45) is 2.23. The van der Waals surface area contributed by atoms with Crippen LogP contribution in [0.4, 0.5) is 4.79 Å². The van der Waals surface area contributed by atoms with Gasteiger partial charge in [-0.15, -0.1) is 11.8 Å². The van der Waals surface area contributed by atoms with Gasteiger partial charge < -0.3 is 10.1 Å². The van der Waals surface area contributed by atoms with E-state index in [2.05, 4.69) is 17.2 Å². The predicted octanol–water partition coefficient (Wildman–Crippen LogP) is 1.29. The number of nitrogens with one attached hydrogen (secondary N) is 1. The molecule has 0 fully saturated rings. The van der Waals surface area contributed by atoms with Gasteiger partial charge in [0.15, 0.2) is 0 Å². The van der Waals surface area contributed by atoms with Gasteiger partial charge in [-0.1, -0.05) is 0 Å². The lowest BCUT2D eigenvalue weighted by atomic mass is 10.0. The Bertz CT molecular complexity index is 214. The molecule has 0 saturated heterocycles. The lowest BCUT2D eigenvalue weighted by molar-refractivity contribution is 0.147. The van der Waals surface area contributed by atoms with E-state index in [0.29, 0.717) is 6.61 Å². The zero-order valence-electron chi connectivity index (χ0n) is 7.22. The number of hydrogen-bond donors (Lipinski definition) is 1. The zero-order chi connectivity index (χ0) is 8.81. The largest absolute Gasteiger partial charge is 0.450 e. The van der Waals surface area contributed by atoms with Gasteiger partial charge in [0.05, 0.1) is 6.61 Å². The van der Waals surface area contributed by atoms with Crippen molar-refractivity contribution in [1.29, 1.82) is 0 Å². The summed E-state index contributed by atoms with van der Waals surface area (Å²) in [6, 6.07) is 0.185. The van der Waals surface area contributed by atoms with E-state index in [1.54, 1.807) is 6.92 Å². The molecule has 1 rings (SSSR count). The molecule has 1 aliphatic rings. The minimum absolute atomic E-state index is 0.185. The minimum Gasteiger partial charge on any atom is -0.450 e. The summed E-state index contributed by atoms with van der Waals surface area (Å²) in [5, 5.41) is 2.76. The third-order valence-corrected chi connectivity index (χ3v) is 1.69. The monoisotopic (exact) mass is 167 g/mol. The predicted molar refractivity (Wildman–Crippen MR) is 45.6 cm³/mol. The van der Waals surface area contributed by atoms with Crippen molar-refractivity contribution in [3.05, 3.63) is 0 Å². The maximum atomic E-state index is 10.9. The standard InChI is InChI=1S/C9H13NO2/c1-2-12-9(11)10-8-6-4-3-5-7-8/h8H,2,4,6-7H2,1H3,(H,10,11). The molecule has 0 heterocycles. The van der Waals surface area contributed by atoms with Crippen LogP contribution in [0, 0.1) is 11.8 Å². The van der Waals surface area contributed by atoms with Crippen LogP contribution in [0.1, 0.15) is 26.2 Å². The van der Waals surface area contributed by atoms with Crippen LogP contribution in [-0.2, 0) is 4.74 Å². The molecule has 3 nitrogen and oxygen atoms in total. The van der Waals surface area contributed by atoms with Crippen LogP contribution in [0.15, 0.2) is 0 Å². The van der Waals surface area contributed by atoms with Crippen molar-refractivity contribution in [3.63, 3.8) is 0 Å². The van der Waals surface area contributed by atoms with E-state index in [9.17, 15) is 4.79 Å². The number of alkyl carbamates (subject to hydrolysis) is 1. The molecule has 1 aliphatic carbocycles. The molecular formula is C9H13NO2. The summed E-state index contributed by atoms with van der Waals surface area (Å²) < 4.78 is 4.75. The third-order valence-electron chi connectivity index (χ3n) is 1.69. The summed E-state index contributed by atoms with van der Waals surface area (Å²) in [7, 11) is 0. The first-order valence-corrected chi connectivity index (χ1v) is 4.22. The van der Waals surface area contributed by atoms with Crippen molar-refractivity contribution >= 4 is 6.09 Å². The molecule has 1 unspecified atom stereocenters. The molecule has 0 aromatic rings. The van der Waals surface area contributed by atoms with Gasteiger partial charge in [0.2, 0.25) is 0 Å². The van der Waals surface area contributed by atoms with E-state index in [-0.39, 0.29) is 12.1 Å². The van der Waals surface area contributed by atoms with Gasteiger partial charge in [0.25, 0.3) is 0 Å². The quantitative estimate of drug-likeness (QED) is 0.629. The fourth-order valence-corrected chi connectivity index (χ4v) is 1.09. The van der Waals surface area contributed by atoms with Crippen molar-refractivity contribution in [2.24, 2.45) is 0 Å². The highest BCUT2D eigenvalue weighted by molar-refractivity contribution is 5.67. The summed E-state index contributed by atoms with van der Waals surface area (Å²) in [5.41, 5.74) is 0. The van der Waals surface area contributed by atoms with Crippen LogP contribution in [0.3, 0.4) is 0 Å². The second-order valence-corrected chi connectivity index (χ2v) is 2.66. The van der Waals surface area contributed by atoms with Crippen molar-refractivity contribution in [2.75, 3.05) is 6.61 Å². The fourth-order valence-electron chi connectivity index (χ4n) is 1.09. The number of hydrogen-bond acceptors (Lipinski definition) is 2. The Morgan fingerprint density at radius 1 is 1.67 bits per heavy atom. The normalized spacial score (nSPS) is 20.6. The third kappa shape index (κ3) is 2.83. The van der Waals surface area contributed by atoms with E-state index >= 15 is 0 Å². The Morgan fingerprint density at radius 3 is 3.08 bits per heavy atom. The zero-order valence-corrected chi connectivity index (χ0v) is 7.22. The Hall–Kier alpha value is -1.17. The molecule has 1 atom stereocenters. The first-order valence-electron chi connectivity index (χ1n) is 4.22. The number of carbonyl (C=O) groups excluding carboxylic acids is 1. The van der Waals surface area contributed by atoms with E-state index < -0.39 is 0 Å². The van der Waals surface area contributed by atoms with Gasteiger partial charge in [-0.05, 0) is 13.3 Å². The molecule has 12 heavy (non-hydrogen) atoms. The number of carbonyl (C=O) groups is 1. The summed E-state index contributed by atoms with van der Waals surface area (Å²) in [4.78, 5) is 10.9. The molecule has 0 bridgehead atoms. The first kappa shape index (κ1) is 8.92. The number of rotatable bonds is 2. The smallest absolute Gasteiger partial charge is 0.407 e. The fraction of sp³-hybridized carbons (Fsp3) is 0.667. The van der Waals surface area contributed by atoms with Crippen molar-refractivity contribution in [1.82, 2.24) is 5.32 Å². The Labute approximate surface area is 72.5 Å². The second kappa shape index (κ2) is 4.66. The molecule has 1 amide bonds. The first-order chi connectivity index (χ1) is 5.83. The SMILES string of the molecule is CCOC(=O)NC1CC#CCC1. The molecule has 66 valence electrons. The van der Waals surface area contributed by atoms with Crippen molar-refractivity contribution in [2.45, 2.75) is 32.2 Å². The Morgan fingerprint density at radius 2 is 2.50 bits per heavy atom. The summed E-state index contributed by atoms with van der Waals surface area (Å²) in [5.74, 6) is 5.94. The second-order valence-electron chi connectivity index (χ2n) is 2.66. The van der Waals surface area contributed by atoms with E-state index in [1.165, 1.54) is 0 Å². The molecule has 0 radical (unpaired) electrons. The molecule has 0 aromatic heterocycles. The maximum absolute atomic E-state index is 10.9. The highest BCUT2D eigenvalue weighted by Crippen LogP contribution is 2.05. The average molecular weight is 167 g/mol. The highest BCUT2D eigenvalue weighted by atomic mass is 16.5. The van der Waals surface area contributed by atoms with E-state index in [1.807, 2.05) is 0 Å². The lowest BCUT2D eigenvalue weighted by Crippen LogP contribution is -2.35. The van der Waals surface area contributed by atoms with Crippen LogP contribution in [0.25, 0.3) is 0 Å². The topological polar surface area (TPSA) is 38.3 Å². The van der Waals surface area contributed by atoms with Gasteiger partial charge in [0.1, 0.15) is 0 Å². The minimum atomic E-state index is -0.328. The molecule has 3 heteroatoms. The Kier molecular flexibility index (Phi) is 3.46. The van der Waals surface area contributed by atoms with Gasteiger partial charge in [0, 0.05) is 18.9 Å². The van der Waals surface area contributed by atoms with Gasteiger partial charge in [-0.2, -0.15) is 0 Å².